The first kappa shape index (κ1) is 26.4. The van der Waals surface area contributed by atoms with Crippen LogP contribution < -0.4 is 15.4 Å². The highest BCUT2D eigenvalue weighted by molar-refractivity contribution is 7.89. The highest BCUT2D eigenvalue weighted by Crippen LogP contribution is 2.44. The number of rotatable bonds is 6. The van der Waals surface area contributed by atoms with Crippen LogP contribution in [0.4, 0.5) is 28.9 Å². The molecule has 1 aliphatic rings. The summed E-state index contributed by atoms with van der Waals surface area (Å²) >= 11 is 0. The van der Waals surface area contributed by atoms with Crippen LogP contribution in [0.1, 0.15) is 24.5 Å². The fourth-order valence-electron chi connectivity index (χ4n) is 3.88. The van der Waals surface area contributed by atoms with Crippen molar-refractivity contribution >= 4 is 27.3 Å². The van der Waals surface area contributed by atoms with Crippen molar-refractivity contribution in [3.8, 4) is 0 Å². The van der Waals surface area contributed by atoms with Crippen molar-refractivity contribution in [3.63, 3.8) is 0 Å². The maximum Gasteiger partial charge on any atom is 0.418 e. The number of carbonyl (C=O) groups excluding carboxylic acids is 1. The minimum Gasteiger partial charge on any atom is -0.393 e. The highest BCUT2D eigenvalue weighted by atomic mass is 32.2. The Balaban J connectivity index is 1.97. The molecule has 1 unspecified atom stereocenters. The van der Waals surface area contributed by atoms with E-state index in [0.29, 0.717) is 6.07 Å². The third-order valence-electron chi connectivity index (χ3n) is 5.33. The van der Waals surface area contributed by atoms with Crippen LogP contribution in [0.25, 0.3) is 0 Å². The van der Waals surface area contributed by atoms with Crippen molar-refractivity contribution in [2.75, 3.05) is 10.2 Å². The minimum absolute atomic E-state index is 0.0341. The van der Waals surface area contributed by atoms with Gasteiger partial charge in [-0.3, -0.25) is 4.79 Å². The lowest BCUT2D eigenvalue weighted by Crippen LogP contribution is -2.28. The molecule has 0 aliphatic carbocycles. The van der Waals surface area contributed by atoms with E-state index >= 15 is 0 Å². The monoisotopic (exact) mass is 513 g/mol. The molecule has 1 aliphatic heterocycles. The number of sulfonamides is 1. The second-order valence-corrected chi connectivity index (χ2v) is 9.72. The predicted molar refractivity (Wildman–Crippen MR) is 122 cm³/mol. The molecule has 0 saturated carbocycles. The Morgan fingerprint density at radius 2 is 1.91 bits per heavy atom. The predicted octanol–water partition coefficient (Wildman–Crippen LogP) is 4.04. The third kappa shape index (κ3) is 5.72. The van der Waals surface area contributed by atoms with Crippen molar-refractivity contribution in [2.45, 2.75) is 37.4 Å². The van der Waals surface area contributed by atoms with Crippen molar-refractivity contribution in [1.29, 1.82) is 0 Å². The Bertz CT molecular complexity index is 1320. The van der Waals surface area contributed by atoms with Gasteiger partial charge in [-0.2, -0.15) is 13.2 Å². The van der Waals surface area contributed by atoms with Crippen LogP contribution in [0.15, 0.2) is 65.3 Å². The Labute approximate surface area is 199 Å². The van der Waals surface area contributed by atoms with E-state index < -0.39 is 51.2 Å². The maximum absolute atomic E-state index is 13.7. The lowest BCUT2D eigenvalue weighted by Gasteiger charge is -2.28. The molecule has 1 heterocycles. The Hall–Kier alpha value is -3.22. The summed E-state index contributed by atoms with van der Waals surface area (Å²) in [4.78, 5) is 14.0. The number of nitrogens with one attached hydrogen (secondary N) is 1. The molecular weight excluding hydrogens is 490 g/mol. The Kier molecular flexibility index (Phi) is 7.12. The lowest BCUT2D eigenvalue weighted by molar-refractivity contribution is -0.137. The number of anilines is 2. The van der Waals surface area contributed by atoms with Gasteiger partial charge in [-0.05, 0) is 61.9 Å². The standard InChI is InChI=1S/C23H23F4N3O4S/c1-12-8-16(5-7-21(12)35(28,33)34)29-22(32)18-11-17(9-13(2)31)30(14(18)3)20-6-4-15(24)10-19(20)23(25,26)27/h4-8,10-11,13,18,31H,3,9H2,1-2H3,(H,29,32)(H2,28,33,34)/t13-,18?/m0/s1. The number of hydrogen-bond acceptors (Lipinski definition) is 5. The molecule has 0 bridgehead atoms. The molecule has 35 heavy (non-hydrogen) atoms. The lowest BCUT2D eigenvalue weighted by atomic mass is 10.1. The summed E-state index contributed by atoms with van der Waals surface area (Å²) in [6, 6.07) is 6.08. The zero-order chi connectivity index (χ0) is 26.3. The molecule has 2 aromatic carbocycles. The quantitative estimate of drug-likeness (QED) is 0.505. The van der Waals surface area contributed by atoms with Gasteiger partial charge in [0, 0.05) is 23.5 Å². The number of nitrogens with zero attached hydrogens (tertiary/aromatic N) is 1. The molecule has 0 spiro atoms. The number of benzene rings is 2. The average molecular weight is 514 g/mol. The van der Waals surface area contributed by atoms with Gasteiger partial charge in [-0.25, -0.2) is 17.9 Å². The molecule has 0 radical (unpaired) electrons. The molecule has 2 aromatic rings. The minimum atomic E-state index is -4.89. The number of hydrogen-bond donors (Lipinski definition) is 3. The summed E-state index contributed by atoms with van der Waals surface area (Å²) in [7, 11) is -3.96. The molecule has 2 atom stereocenters. The number of alkyl halides is 3. The zero-order valence-corrected chi connectivity index (χ0v) is 19.5. The van der Waals surface area contributed by atoms with Crippen LogP contribution in [0.5, 0.6) is 0 Å². The van der Waals surface area contributed by atoms with Gasteiger partial charge in [-0.15, -0.1) is 0 Å². The van der Waals surface area contributed by atoms with Gasteiger partial charge in [0.1, 0.15) is 5.82 Å². The summed E-state index contributed by atoms with van der Waals surface area (Å²) in [5.41, 5.74) is -1.03. The van der Waals surface area contributed by atoms with Gasteiger partial charge in [0.15, 0.2) is 0 Å². The van der Waals surface area contributed by atoms with Crippen LogP contribution in [0.2, 0.25) is 0 Å². The molecule has 12 heteroatoms. The van der Waals surface area contributed by atoms with E-state index in [1.54, 1.807) is 0 Å². The number of primary sulfonamides is 1. The second-order valence-electron chi connectivity index (χ2n) is 8.19. The number of aliphatic hydroxyl groups is 1. The Morgan fingerprint density at radius 3 is 2.46 bits per heavy atom. The number of carbonyl (C=O) groups is 1. The number of aliphatic hydroxyl groups excluding tert-OH is 1. The topological polar surface area (TPSA) is 113 Å². The van der Waals surface area contributed by atoms with Crippen LogP contribution in [0.3, 0.4) is 0 Å². The largest absolute Gasteiger partial charge is 0.418 e. The van der Waals surface area contributed by atoms with Gasteiger partial charge in [0.2, 0.25) is 15.9 Å². The number of aryl methyl sites for hydroxylation is 1. The number of nitrogens with two attached hydrogens (primary N) is 1. The van der Waals surface area contributed by atoms with Gasteiger partial charge < -0.3 is 15.3 Å². The average Bonchev–Trinajstić information content (AvgIpc) is 3.01. The fourth-order valence-corrected chi connectivity index (χ4v) is 4.65. The van der Waals surface area contributed by atoms with Crippen molar-refractivity contribution in [1.82, 2.24) is 0 Å². The van der Waals surface area contributed by atoms with Crippen LogP contribution in [-0.4, -0.2) is 25.5 Å². The summed E-state index contributed by atoms with van der Waals surface area (Å²) in [6.45, 7) is 6.71. The molecule has 0 aromatic heterocycles. The molecule has 188 valence electrons. The number of halogens is 4. The van der Waals surface area contributed by atoms with E-state index in [9.17, 15) is 35.9 Å². The summed E-state index contributed by atoms with van der Waals surface area (Å²) < 4.78 is 77.9. The third-order valence-corrected chi connectivity index (χ3v) is 6.40. The van der Waals surface area contributed by atoms with Crippen LogP contribution >= 0.6 is 0 Å². The highest BCUT2D eigenvalue weighted by Gasteiger charge is 2.40. The van der Waals surface area contributed by atoms with Gasteiger partial charge >= 0.3 is 6.18 Å². The molecule has 0 saturated heterocycles. The van der Waals surface area contributed by atoms with Crippen LogP contribution in [-0.2, 0) is 21.0 Å². The van der Waals surface area contributed by atoms with Gasteiger partial charge in [0.25, 0.3) is 0 Å². The number of amides is 1. The summed E-state index contributed by atoms with van der Waals surface area (Å²) in [5, 5.41) is 17.6. The van der Waals surface area contributed by atoms with E-state index in [1.165, 1.54) is 38.1 Å². The normalized spacial score (nSPS) is 17.4. The van der Waals surface area contributed by atoms with E-state index in [-0.39, 0.29) is 34.0 Å². The first-order valence-electron chi connectivity index (χ1n) is 10.3. The van der Waals surface area contributed by atoms with Gasteiger partial charge in [0.05, 0.1) is 28.2 Å². The van der Waals surface area contributed by atoms with Crippen molar-refractivity contribution in [3.05, 3.63) is 77.4 Å². The fraction of sp³-hybridized carbons (Fsp3) is 0.261. The van der Waals surface area contributed by atoms with Crippen LogP contribution in [0, 0.1) is 18.7 Å². The van der Waals surface area contributed by atoms with Crippen molar-refractivity contribution in [2.24, 2.45) is 11.1 Å². The molecule has 7 nitrogen and oxygen atoms in total. The smallest absolute Gasteiger partial charge is 0.393 e. The first-order chi connectivity index (χ1) is 16.1. The Morgan fingerprint density at radius 1 is 1.26 bits per heavy atom. The van der Waals surface area contributed by atoms with E-state index in [4.69, 9.17) is 5.14 Å². The molecule has 0 fully saturated rings. The van der Waals surface area contributed by atoms with E-state index in [0.717, 1.165) is 17.0 Å². The molecular formula is C23H23F4N3O4S. The zero-order valence-electron chi connectivity index (χ0n) is 18.7. The maximum atomic E-state index is 13.7. The molecule has 1 amide bonds. The summed E-state index contributed by atoms with van der Waals surface area (Å²) in [6.07, 6.45) is -4.57. The van der Waals surface area contributed by atoms with Gasteiger partial charge in [-0.1, -0.05) is 6.58 Å². The SMILES string of the molecule is C=C1C(C(=O)Nc2ccc(S(N)(=O)=O)c(C)c2)C=C(C[C@H](C)O)N1c1ccc(F)cc1C(F)(F)F. The van der Waals surface area contributed by atoms with E-state index in [2.05, 4.69) is 11.9 Å². The second kappa shape index (κ2) is 9.44. The van der Waals surface area contributed by atoms with Crippen molar-refractivity contribution < 1.29 is 35.9 Å². The summed E-state index contributed by atoms with van der Waals surface area (Å²) in [5.74, 6) is -2.85. The van der Waals surface area contributed by atoms with E-state index in [1.807, 2.05) is 0 Å². The molecule has 4 N–H and O–H groups in total. The molecule has 3 rings (SSSR count). The first-order valence-corrected chi connectivity index (χ1v) is 11.8.